The summed E-state index contributed by atoms with van der Waals surface area (Å²) in [4.78, 5) is 45.0. The lowest BCUT2D eigenvalue weighted by atomic mass is 9.33. The molecule has 1 aromatic carbocycles. The molecule has 2 heterocycles. The Morgan fingerprint density at radius 1 is 0.812 bits per heavy atom. The summed E-state index contributed by atoms with van der Waals surface area (Å²) in [5, 5.41) is 13.6. The van der Waals surface area contributed by atoms with E-state index < -0.39 is 17.3 Å². The van der Waals surface area contributed by atoms with Gasteiger partial charge in [-0.2, -0.15) is 0 Å². The van der Waals surface area contributed by atoms with Crippen LogP contribution in [-0.2, 0) is 30.4 Å². The van der Waals surface area contributed by atoms with Crippen LogP contribution in [0, 0.1) is 68.0 Å². The van der Waals surface area contributed by atoms with Crippen LogP contribution in [0.2, 0.25) is 0 Å². The molecule has 0 aromatic heterocycles. The van der Waals surface area contributed by atoms with E-state index in [9.17, 15) is 19.5 Å². The molecule has 7 fully saturated rings. The van der Waals surface area contributed by atoms with Gasteiger partial charge in [0, 0.05) is 61.7 Å². The van der Waals surface area contributed by atoms with Crippen molar-refractivity contribution in [3.05, 3.63) is 41.0 Å². The number of Topliss-reactive ketones (excluding diaryl/α,β-unsaturated/α-hetero) is 1. The van der Waals surface area contributed by atoms with Gasteiger partial charge in [0.25, 0.3) is 0 Å². The number of carboxylic acids is 1. The second-order valence-electron chi connectivity index (χ2n) is 24.7. The number of nitrogens with zero attached hydrogens (tertiary/aromatic N) is 2. The molecule has 8 aliphatic rings. The predicted octanol–water partition coefficient (Wildman–Crippen LogP) is 10.1. The highest BCUT2D eigenvalue weighted by molar-refractivity contribution is 6.00. The zero-order valence-electron chi connectivity index (χ0n) is 41.2. The van der Waals surface area contributed by atoms with Crippen molar-refractivity contribution < 1.29 is 29.0 Å². The molecular weight excluding hydrogens is 799 g/mol. The van der Waals surface area contributed by atoms with Gasteiger partial charge in [-0.25, -0.2) is 0 Å². The molecule has 2 aliphatic heterocycles. The molecule has 354 valence electrons. The minimum atomic E-state index is -0.813. The summed E-state index contributed by atoms with van der Waals surface area (Å²) in [7, 11) is 0. The second kappa shape index (κ2) is 16.8. The number of piperidine rings is 1. The molecule has 0 radical (unpaired) electrons. The summed E-state index contributed by atoms with van der Waals surface area (Å²) >= 11 is 0. The number of ketones is 1. The standard InChI is InChI=1S/C55H83N3O6/c1-35(2)46-42(59)33-55(24-25-56-34-36-10-12-37(13-11-36)57-26-18-38(19-27-57)58-28-30-63-31-29-58)23-22-53(8)39(47(46)55)14-15-44-52(7)20-17-45(51(5,6)43(52)16-21-54(44,53)9)64-49(62)41-32-40(48(60)61)50(41,3)4/h10-13,35,38-41,43-45,56H,14-34H2,1-9H3,(H,60,61)/t39-,40+,41-,43+,44-,45+,52+,53-,54-,55-/m1/s1. The predicted molar refractivity (Wildman–Crippen MR) is 253 cm³/mol. The van der Waals surface area contributed by atoms with Crippen molar-refractivity contribution in [1.29, 1.82) is 0 Å². The highest BCUT2D eigenvalue weighted by Gasteiger charge is 2.70. The first kappa shape index (κ1) is 46.4. The number of carbonyl (C=O) groups excluding carboxylic acids is 2. The zero-order chi connectivity index (χ0) is 45.6. The molecule has 64 heavy (non-hydrogen) atoms. The Bertz CT molecular complexity index is 1980. The number of aliphatic carboxylic acids is 1. The number of ether oxygens (including phenoxy) is 2. The van der Waals surface area contributed by atoms with Crippen LogP contribution in [0.15, 0.2) is 35.4 Å². The Morgan fingerprint density at radius 2 is 1.52 bits per heavy atom. The van der Waals surface area contributed by atoms with Crippen molar-refractivity contribution in [1.82, 2.24) is 10.2 Å². The Kier molecular flexibility index (Phi) is 12.2. The van der Waals surface area contributed by atoms with Gasteiger partial charge in [0.05, 0.1) is 25.0 Å². The maximum absolute atomic E-state index is 14.3. The van der Waals surface area contributed by atoms with E-state index in [1.807, 2.05) is 13.8 Å². The van der Waals surface area contributed by atoms with Gasteiger partial charge in [0.2, 0.25) is 0 Å². The van der Waals surface area contributed by atoms with Crippen LogP contribution in [-0.4, -0.2) is 85.8 Å². The lowest BCUT2D eigenvalue weighted by molar-refractivity contribution is -0.236. The SMILES string of the molecule is CC(C)C1=C2[C@H]3CC[C@@H]4[C@@]5(C)CC[C@H](OC(=O)[C@H]6C[C@@H](C(=O)O)C6(C)C)C(C)(C)[C@@H]5CC[C@@]4(C)[C@]3(C)CC[C@@]2(CCNCc2ccc(N3CCC(N4CCOCC4)CC3)cc2)CC1=O. The third kappa shape index (κ3) is 7.36. The summed E-state index contributed by atoms with van der Waals surface area (Å²) in [6, 6.07) is 9.95. The first-order valence-corrected chi connectivity index (χ1v) is 25.8. The maximum atomic E-state index is 14.3. The number of carbonyl (C=O) groups is 3. The normalized spacial score (nSPS) is 39.7. The molecule has 6 aliphatic carbocycles. The third-order valence-corrected chi connectivity index (χ3v) is 21.1. The van der Waals surface area contributed by atoms with Gasteiger partial charge in [0.1, 0.15) is 6.10 Å². The minimum absolute atomic E-state index is 0.0429. The number of morpholine rings is 1. The first-order chi connectivity index (χ1) is 30.3. The number of anilines is 1. The molecule has 5 saturated carbocycles. The Labute approximate surface area is 385 Å². The summed E-state index contributed by atoms with van der Waals surface area (Å²) in [5.41, 5.74) is 5.00. The number of nitrogens with one attached hydrogen (secondary N) is 1. The number of hydrogen-bond acceptors (Lipinski definition) is 8. The molecule has 0 amide bonds. The molecule has 2 saturated heterocycles. The maximum Gasteiger partial charge on any atom is 0.309 e. The summed E-state index contributed by atoms with van der Waals surface area (Å²) in [6.07, 6.45) is 13.2. The van der Waals surface area contributed by atoms with Crippen LogP contribution in [0.1, 0.15) is 151 Å². The first-order valence-electron chi connectivity index (χ1n) is 25.8. The van der Waals surface area contributed by atoms with E-state index in [2.05, 4.69) is 87.8 Å². The summed E-state index contributed by atoms with van der Waals surface area (Å²) < 4.78 is 12.1. The largest absolute Gasteiger partial charge is 0.481 e. The van der Waals surface area contributed by atoms with Gasteiger partial charge in [-0.1, -0.05) is 80.0 Å². The molecule has 0 spiro atoms. The zero-order valence-corrected chi connectivity index (χ0v) is 41.2. The smallest absolute Gasteiger partial charge is 0.309 e. The average molecular weight is 882 g/mol. The lowest BCUT2D eigenvalue weighted by Gasteiger charge is -2.72. The molecular formula is C55H83N3O6. The number of rotatable bonds is 11. The van der Waals surface area contributed by atoms with Gasteiger partial charge >= 0.3 is 11.9 Å². The molecule has 10 atom stereocenters. The van der Waals surface area contributed by atoms with Gasteiger partial charge in [0.15, 0.2) is 5.78 Å². The summed E-state index contributed by atoms with van der Waals surface area (Å²) in [5.74, 6) is 0.233. The lowest BCUT2D eigenvalue weighted by Crippen LogP contribution is -2.66. The topological polar surface area (TPSA) is 108 Å². The van der Waals surface area contributed by atoms with Crippen molar-refractivity contribution in [2.75, 3.05) is 50.8 Å². The van der Waals surface area contributed by atoms with Crippen molar-refractivity contribution in [2.45, 2.75) is 164 Å². The Balaban J connectivity index is 0.853. The van der Waals surface area contributed by atoms with Crippen LogP contribution in [0.4, 0.5) is 5.69 Å². The number of hydrogen-bond donors (Lipinski definition) is 2. The fraction of sp³-hybridized carbons (Fsp3) is 0.800. The average Bonchev–Trinajstić information content (AvgIpc) is 3.56. The van der Waals surface area contributed by atoms with Crippen molar-refractivity contribution in [2.24, 2.45) is 68.0 Å². The fourth-order valence-corrected chi connectivity index (χ4v) is 17.0. The van der Waals surface area contributed by atoms with E-state index in [0.717, 1.165) is 91.0 Å². The van der Waals surface area contributed by atoms with Crippen molar-refractivity contribution in [3.8, 4) is 0 Å². The number of fused-ring (bicyclic) bond motifs is 7. The van der Waals surface area contributed by atoms with E-state index in [-0.39, 0.29) is 51.0 Å². The second-order valence-corrected chi connectivity index (χ2v) is 24.7. The number of allylic oxidation sites excluding steroid dienone is 2. The van der Waals surface area contributed by atoms with E-state index in [1.165, 1.54) is 48.9 Å². The van der Waals surface area contributed by atoms with Gasteiger partial charge in [-0.3, -0.25) is 19.3 Å². The van der Waals surface area contributed by atoms with Gasteiger partial charge in [-0.15, -0.1) is 0 Å². The molecule has 2 N–H and O–H groups in total. The van der Waals surface area contributed by atoms with Crippen LogP contribution in [0.5, 0.6) is 0 Å². The molecule has 0 bridgehead atoms. The van der Waals surface area contributed by atoms with Crippen LogP contribution < -0.4 is 10.2 Å². The molecule has 9 rings (SSSR count). The fourth-order valence-electron chi connectivity index (χ4n) is 17.0. The van der Waals surface area contributed by atoms with E-state index in [0.29, 0.717) is 42.4 Å². The molecule has 9 nitrogen and oxygen atoms in total. The Morgan fingerprint density at radius 3 is 2.17 bits per heavy atom. The highest BCUT2D eigenvalue weighted by atomic mass is 16.5. The quantitative estimate of drug-likeness (QED) is 0.166. The molecule has 0 unspecified atom stereocenters. The number of benzene rings is 1. The van der Waals surface area contributed by atoms with E-state index in [1.54, 1.807) is 5.57 Å². The van der Waals surface area contributed by atoms with Crippen molar-refractivity contribution in [3.63, 3.8) is 0 Å². The monoisotopic (exact) mass is 882 g/mol. The van der Waals surface area contributed by atoms with E-state index >= 15 is 0 Å². The minimum Gasteiger partial charge on any atom is -0.481 e. The van der Waals surface area contributed by atoms with Crippen LogP contribution >= 0.6 is 0 Å². The van der Waals surface area contributed by atoms with Gasteiger partial charge < -0.3 is 24.8 Å². The van der Waals surface area contributed by atoms with E-state index in [4.69, 9.17) is 9.47 Å². The van der Waals surface area contributed by atoms with Crippen LogP contribution in [0.3, 0.4) is 0 Å². The number of esters is 1. The highest BCUT2D eigenvalue weighted by Crippen LogP contribution is 2.77. The van der Waals surface area contributed by atoms with Crippen LogP contribution in [0.25, 0.3) is 0 Å². The molecule has 1 aromatic rings. The summed E-state index contributed by atoms with van der Waals surface area (Å²) in [6.45, 7) is 28.8. The van der Waals surface area contributed by atoms with Gasteiger partial charge in [-0.05, 0) is 152 Å². The van der Waals surface area contributed by atoms with Crippen molar-refractivity contribution >= 4 is 23.4 Å². The Hall–Kier alpha value is -2.75. The number of carboxylic acid groups (broad SMARTS) is 1. The third-order valence-electron chi connectivity index (χ3n) is 21.1. The molecule has 9 heteroatoms.